The van der Waals surface area contributed by atoms with Crippen LogP contribution in [0.25, 0.3) is 0 Å². The molecule has 2 unspecified atom stereocenters. The van der Waals surface area contributed by atoms with Crippen LogP contribution in [-0.2, 0) is 27.3 Å². The van der Waals surface area contributed by atoms with Crippen molar-refractivity contribution in [3.05, 3.63) is 70.8 Å². The van der Waals surface area contributed by atoms with Crippen LogP contribution < -0.4 is 0 Å². The standard InChI is InChI=1S/C30H35F6N3O3/c1-28(2,20-13-21(29(31,32)33)15-22(14-20)30(34,35)36)26(40)37(3)25-17-38(16-24(25)19-9-6-5-7-10-19)27(41)39-12-8-11-23(39)18-42-4/h5-7,9-10,13-15,23-25H,8,11-12,16-18H2,1-4H3/t23-,24?,25?/m0/s1. The molecule has 3 amide bonds. The summed E-state index contributed by atoms with van der Waals surface area (Å²) in [6.45, 7) is 4.05. The molecule has 6 nitrogen and oxygen atoms in total. The van der Waals surface area contributed by atoms with E-state index in [1.165, 1.54) is 25.8 Å². The van der Waals surface area contributed by atoms with Gasteiger partial charge in [0.25, 0.3) is 0 Å². The van der Waals surface area contributed by atoms with E-state index < -0.39 is 46.4 Å². The van der Waals surface area contributed by atoms with E-state index in [0.717, 1.165) is 18.4 Å². The molecule has 42 heavy (non-hydrogen) atoms. The Morgan fingerprint density at radius 3 is 2.05 bits per heavy atom. The highest BCUT2D eigenvalue weighted by molar-refractivity contribution is 5.88. The monoisotopic (exact) mass is 599 g/mol. The third kappa shape index (κ3) is 6.38. The fourth-order valence-corrected chi connectivity index (χ4v) is 6.03. The highest BCUT2D eigenvalue weighted by Crippen LogP contribution is 2.40. The zero-order valence-electron chi connectivity index (χ0n) is 23.9. The Hall–Kier alpha value is -3.28. The van der Waals surface area contributed by atoms with Gasteiger partial charge in [0.1, 0.15) is 0 Å². The van der Waals surface area contributed by atoms with E-state index in [0.29, 0.717) is 31.8 Å². The van der Waals surface area contributed by atoms with Crippen LogP contribution in [0.5, 0.6) is 0 Å². The molecule has 12 heteroatoms. The van der Waals surface area contributed by atoms with E-state index in [4.69, 9.17) is 4.74 Å². The third-order valence-corrected chi connectivity index (χ3v) is 8.43. The number of halogens is 6. The molecule has 2 aromatic carbocycles. The van der Waals surface area contributed by atoms with Crippen molar-refractivity contribution in [1.82, 2.24) is 14.7 Å². The second-order valence-electron chi connectivity index (χ2n) is 11.6. The molecule has 0 saturated carbocycles. The van der Waals surface area contributed by atoms with Crippen molar-refractivity contribution in [1.29, 1.82) is 0 Å². The smallest absolute Gasteiger partial charge is 0.383 e. The topological polar surface area (TPSA) is 53.1 Å². The summed E-state index contributed by atoms with van der Waals surface area (Å²) < 4.78 is 86.8. The molecule has 2 fully saturated rings. The molecule has 2 aromatic rings. The lowest BCUT2D eigenvalue weighted by Crippen LogP contribution is -2.50. The van der Waals surface area contributed by atoms with Crippen LogP contribution in [0, 0.1) is 0 Å². The van der Waals surface area contributed by atoms with E-state index in [1.807, 2.05) is 30.3 Å². The number of hydrogen-bond acceptors (Lipinski definition) is 3. The van der Waals surface area contributed by atoms with E-state index in [1.54, 1.807) is 16.9 Å². The average Bonchev–Trinajstić information content (AvgIpc) is 3.59. The summed E-state index contributed by atoms with van der Waals surface area (Å²) in [7, 11) is 3.06. The van der Waals surface area contributed by atoms with Crippen molar-refractivity contribution in [3.63, 3.8) is 0 Å². The number of alkyl halides is 6. The van der Waals surface area contributed by atoms with Gasteiger partial charge in [-0.1, -0.05) is 30.3 Å². The second-order valence-corrected chi connectivity index (χ2v) is 11.6. The predicted octanol–water partition coefficient (Wildman–Crippen LogP) is 6.16. The Morgan fingerprint density at radius 1 is 0.929 bits per heavy atom. The van der Waals surface area contributed by atoms with Crippen LogP contribution in [0.15, 0.2) is 48.5 Å². The molecule has 2 saturated heterocycles. The number of carbonyl (C=O) groups is 2. The molecule has 4 rings (SSSR count). The van der Waals surface area contributed by atoms with Crippen molar-refractivity contribution in [2.24, 2.45) is 0 Å². The minimum absolute atomic E-state index is 0.0505. The summed E-state index contributed by atoms with van der Waals surface area (Å²) >= 11 is 0. The molecule has 0 spiro atoms. The van der Waals surface area contributed by atoms with E-state index in [-0.39, 0.29) is 30.6 Å². The van der Waals surface area contributed by atoms with Crippen LogP contribution in [0.3, 0.4) is 0 Å². The van der Waals surface area contributed by atoms with E-state index in [9.17, 15) is 35.9 Å². The van der Waals surface area contributed by atoms with Crippen molar-refractivity contribution < 1.29 is 40.7 Å². The van der Waals surface area contributed by atoms with Gasteiger partial charge >= 0.3 is 18.4 Å². The maximum absolute atomic E-state index is 14.0. The number of urea groups is 1. The number of nitrogens with zero attached hydrogens (tertiary/aromatic N) is 3. The van der Waals surface area contributed by atoms with Crippen molar-refractivity contribution in [2.75, 3.05) is 40.4 Å². The lowest BCUT2D eigenvalue weighted by molar-refractivity contribution is -0.144. The Kier molecular flexibility index (Phi) is 8.87. The zero-order valence-corrected chi connectivity index (χ0v) is 23.9. The highest BCUT2D eigenvalue weighted by Gasteiger charge is 2.46. The van der Waals surface area contributed by atoms with Crippen LogP contribution in [-0.4, -0.2) is 79.1 Å². The van der Waals surface area contributed by atoms with Gasteiger partial charge in [-0.2, -0.15) is 26.3 Å². The summed E-state index contributed by atoms with van der Waals surface area (Å²) in [5.74, 6) is -0.982. The minimum Gasteiger partial charge on any atom is -0.383 e. The third-order valence-electron chi connectivity index (χ3n) is 8.43. The molecule has 230 valence electrons. The summed E-state index contributed by atoms with van der Waals surface area (Å²) in [6.07, 6.45) is -8.44. The summed E-state index contributed by atoms with van der Waals surface area (Å²) in [5.41, 5.74) is -4.24. The fraction of sp³-hybridized carbons (Fsp3) is 0.533. The number of carbonyl (C=O) groups excluding carboxylic acids is 2. The first-order chi connectivity index (χ1) is 19.6. The van der Waals surface area contributed by atoms with Crippen LogP contribution in [0.2, 0.25) is 0 Å². The first kappa shape index (κ1) is 31.7. The quantitative estimate of drug-likeness (QED) is 0.374. The Bertz CT molecular complexity index is 1250. The Balaban J connectivity index is 1.67. The molecular formula is C30H35F6N3O3. The van der Waals surface area contributed by atoms with Crippen molar-refractivity contribution >= 4 is 11.9 Å². The first-order valence-corrected chi connectivity index (χ1v) is 13.7. The normalized spacial score (nSPS) is 21.6. The molecular weight excluding hydrogens is 564 g/mol. The van der Waals surface area contributed by atoms with Gasteiger partial charge in [0.05, 0.1) is 35.2 Å². The average molecular weight is 600 g/mol. The van der Waals surface area contributed by atoms with Gasteiger partial charge in [0.2, 0.25) is 5.91 Å². The molecule has 0 aromatic heterocycles. The zero-order chi connectivity index (χ0) is 31.0. The van der Waals surface area contributed by atoms with Crippen molar-refractivity contribution in [3.8, 4) is 0 Å². The number of rotatable bonds is 6. The first-order valence-electron chi connectivity index (χ1n) is 13.7. The molecule has 0 N–H and O–H groups in total. The van der Waals surface area contributed by atoms with Gasteiger partial charge in [-0.05, 0) is 56.0 Å². The number of likely N-dealkylation sites (N-methyl/N-ethyl adjacent to an activating group) is 1. The van der Waals surface area contributed by atoms with E-state index >= 15 is 0 Å². The molecule has 0 aliphatic carbocycles. The summed E-state index contributed by atoms with van der Waals surface area (Å²) in [6, 6.07) is 9.67. The van der Waals surface area contributed by atoms with Crippen molar-refractivity contribution in [2.45, 2.75) is 62.5 Å². The van der Waals surface area contributed by atoms with Gasteiger partial charge in [-0.15, -0.1) is 0 Å². The second kappa shape index (κ2) is 11.8. The SMILES string of the molecule is COC[C@@H]1CCCN1C(=O)N1CC(c2ccccc2)C(N(C)C(=O)C(C)(C)c2cc(C(F)(F)F)cc(C(F)(F)F)c2)C1. The van der Waals surface area contributed by atoms with Gasteiger partial charge in [0.15, 0.2) is 0 Å². The summed E-state index contributed by atoms with van der Waals surface area (Å²) in [4.78, 5) is 32.4. The number of methoxy groups -OCH3 is 1. The lowest BCUT2D eigenvalue weighted by atomic mass is 9.80. The van der Waals surface area contributed by atoms with Crippen LogP contribution >= 0.6 is 0 Å². The van der Waals surface area contributed by atoms with Crippen LogP contribution in [0.4, 0.5) is 31.1 Å². The van der Waals surface area contributed by atoms with Gasteiger partial charge in [-0.3, -0.25) is 4.79 Å². The summed E-state index contributed by atoms with van der Waals surface area (Å²) in [5, 5.41) is 0. The van der Waals surface area contributed by atoms with E-state index in [2.05, 4.69) is 0 Å². The molecule has 2 aliphatic rings. The number of hydrogen-bond donors (Lipinski definition) is 0. The van der Waals surface area contributed by atoms with Gasteiger partial charge < -0.3 is 19.4 Å². The largest absolute Gasteiger partial charge is 0.416 e. The number of benzene rings is 2. The van der Waals surface area contributed by atoms with Gasteiger partial charge in [0, 0.05) is 39.7 Å². The Morgan fingerprint density at radius 2 is 1.50 bits per heavy atom. The molecule has 0 radical (unpaired) electrons. The number of amides is 3. The fourth-order valence-electron chi connectivity index (χ4n) is 6.03. The van der Waals surface area contributed by atoms with Crippen LogP contribution in [0.1, 0.15) is 54.9 Å². The highest BCUT2D eigenvalue weighted by atomic mass is 19.4. The number of ether oxygens (including phenoxy) is 1. The lowest BCUT2D eigenvalue weighted by Gasteiger charge is -2.36. The Labute approximate surface area is 241 Å². The molecule has 0 bridgehead atoms. The predicted molar refractivity (Wildman–Crippen MR) is 144 cm³/mol. The molecule has 2 aliphatic heterocycles. The number of likely N-dealkylation sites (tertiary alicyclic amines) is 2. The minimum atomic E-state index is -5.04. The maximum atomic E-state index is 14.0. The molecule has 3 atom stereocenters. The molecule has 2 heterocycles. The maximum Gasteiger partial charge on any atom is 0.416 e. The van der Waals surface area contributed by atoms with Gasteiger partial charge in [-0.25, -0.2) is 4.79 Å².